The molecule has 1 unspecified atom stereocenters. The molecule has 0 fully saturated rings. The summed E-state index contributed by atoms with van der Waals surface area (Å²) in [5, 5.41) is 13.2. The third kappa shape index (κ3) is 4.73. The average molecular weight is 173 g/mol. The van der Waals surface area contributed by atoms with Crippen LogP contribution in [-0.4, -0.2) is 23.8 Å². The van der Waals surface area contributed by atoms with E-state index in [9.17, 15) is 5.11 Å². The first-order valence-electron chi connectivity index (χ1n) is 5.11. The summed E-state index contributed by atoms with van der Waals surface area (Å²) in [5.74, 6) is 0. The van der Waals surface area contributed by atoms with E-state index >= 15 is 0 Å². The molecule has 0 heterocycles. The summed E-state index contributed by atoms with van der Waals surface area (Å²) in [5.41, 5.74) is -0.466. The van der Waals surface area contributed by atoms with Gasteiger partial charge >= 0.3 is 0 Å². The smallest absolute Gasteiger partial charge is 0.0768 e. The molecule has 0 radical (unpaired) electrons. The predicted molar refractivity (Wildman–Crippen MR) is 53.3 cm³/mol. The van der Waals surface area contributed by atoms with Crippen LogP contribution in [0.25, 0.3) is 0 Å². The number of rotatable bonds is 7. The highest BCUT2D eigenvalue weighted by molar-refractivity contribution is 4.78. The maximum atomic E-state index is 10.0. The van der Waals surface area contributed by atoms with Crippen molar-refractivity contribution in [2.24, 2.45) is 0 Å². The lowest BCUT2D eigenvalue weighted by Gasteiger charge is -2.26. The first-order valence-corrected chi connectivity index (χ1v) is 5.11. The number of hydrogen-bond acceptors (Lipinski definition) is 2. The summed E-state index contributed by atoms with van der Waals surface area (Å²) in [6.07, 6.45) is 4.05. The second kappa shape index (κ2) is 6.44. The molecule has 0 aromatic rings. The Hall–Kier alpha value is -0.0800. The minimum absolute atomic E-state index is 0.466. The molecule has 0 rings (SSSR count). The second-order valence-electron chi connectivity index (χ2n) is 3.46. The Morgan fingerprint density at radius 3 is 2.33 bits per heavy atom. The van der Waals surface area contributed by atoms with Crippen LogP contribution in [0.15, 0.2) is 0 Å². The summed E-state index contributed by atoms with van der Waals surface area (Å²) < 4.78 is 0. The van der Waals surface area contributed by atoms with E-state index in [4.69, 9.17) is 0 Å². The van der Waals surface area contributed by atoms with Crippen molar-refractivity contribution in [3.63, 3.8) is 0 Å². The molecule has 0 aromatic heterocycles. The minimum atomic E-state index is -0.466. The van der Waals surface area contributed by atoms with Crippen molar-refractivity contribution in [3.05, 3.63) is 0 Å². The van der Waals surface area contributed by atoms with E-state index in [1.165, 1.54) is 0 Å². The van der Waals surface area contributed by atoms with Crippen molar-refractivity contribution in [1.29, 1.82) is 0 Å². The lowest BCUT2D eigenvalue weighted by Crippen LogP contribution is -2.39. The molecular formula is C10H23NO. The molecule has 2 N–H and O–H groups in total. The molecule has 74 valence electrons. The number of nitrogens with one attached hydrogen (secondary N) is 1. The number of hydrogen-bond donors (Lipinski definition) is 2. The molecule has 0 aromatic carbocycles. The Labute approximate surface area is 76.4 Å². The third-order valence-electron chi connectivity index (χ3n) is 2.36. The molecule has 0 aliphatic heterocycles. The number of unbranched alkanes of at least 4 members (excludes halogenated alkanes) is 1. The fraction of sp³-hybridized carbons (Fsp3) is 1.00. The molecular weight excluding hydrogens is 150 g/mol. The predicted octanol–water partition coefficient (Wildman–Crippen LogP) is 1.93. The molecule has 2 nitrogen and oxygen atoms in total. The van der Waals surface area contributed by atoms with Crippen LogP contribution in [0.3, 0.4) is 0 Å². The van der Waals surface area contributed by atoms with Crippen molar-refractivity contribution < 1.29 is 5.11 Å². The Kier molecular flexibility index (Phi) is 6.39. The summed E-state index contributed by atoms with van der Waals surface area (Å²) in [4.78, 5) is 0. The normalized spacial score (nSPS) is 16.0. The maximum Gasteiger partial charge on any atom is 0.0768 e. The van der Waals surface area contributed by atoms with Gasteiger partial charge in [-0.3, -0.25) is 0 Å². The van der Waals surface area contributed by atoms with E-state index in [-0.39, 0.29) is 0 Å². The first kappa shape index (κ1) is 11.9. The zero-order valence-corrected chi connectivity index (χ0v) is 8.69. The molecule has 0 bridgehead atoms. The highest BCUT2D eigenvalue weighted by Crippen LogP contribution is 2.17. The van der Waals surface area contributed by atoms with Crippen molar-refractivity contribution in [3.8, 4) is 0 Å². The van der Waals surface area contributed by atoms with E-state index in [0.29, 0.717) is 0 Å². The minimum Gasteiger partial charge on any atom is -0.389 e. The Balaban J connectivity index is 3.70. The van der Waals surface area contributed by atoms with Crippen LogP contribution in [0.5, 0.6) is 0 Å². The van der Waals surface area contributed by atoms with Crippen LogP contribution in [-0.2, 0) is 0 Å². The van der Waals surface area contributed by atoms with Crippen LogP contribution < -0.4 is 5.32 Å². The lowest BCUT2D eigenvalue weighted by atomic mass is 9.94. The molecule has 0 saturated heterocycles. The highest BCUT2D eigenvalue weighted by atomic mass is 16.3. The van der Waals surface area contributed by atoms with Crippen molar-refractivity contribution in [2.45, 2.75) is 52.1 Å². The summed E-state index contributed by atoms with van der Waals surface area (Å²) in [6, 6.07) is 0. The summed E-state index contributed by atoms with van der Waals surface area (Å²) in [6.45, 7) is 7.95. The summed E-state index contributed by atoms with van der Waals surface area (Å²) in [7, 11) is 0. The van der Waals surface area contributed by atoms with Gasteiger partial charge in [-0.15, -0.1) is 0 Å². The second-order valence-corrected chi connectivity index (χ2v) is 3.46. The van der Waals surface area contributed by atoms with Gasteiger partial charge in [0.05, 0.1) is 5.60 Å². The number of aliphatic hydroxyl groups is 1. The van der Waals surface area contributed by atoms with Gasteiger partial charge in [0, 0.05) is 6.54 Å². The quantitative estimate of drug-likeness (QED) is 0.616. The van der Waals surface area contributed by atoms with Gasteiger partial charge in [-0.2, -0.15) is 0 Å². The standard InChI is InChI=1S/C10H23NO/c1-4-7-8-10(12,5-2)9-11-6-3/h11-12H,4-9H2,1-3H3. The SMILES string of the molecule is CCCCC(O)(CC)CNCC. The van der Waals surface area contributed by atoms with Crippen LogP contribution in [0.1, 0.15) is 46.5 Å². The fourth-order valence-corrected chi connectivity index (χ4v) is 1.25. The van der Waals surface area contributed by atoms with Crippen molar-refractivity contribution in [2.75, 3.05) is 13.1 Å². The van der Waals surface area contributed by atoms with Crippen molar-refractivity contribution in [1.82, 2.24) is 5.32 Å². The Morgan fingerprint density at radius 1 is 1.25 bits per heavy atom. The molecule has 1 atom stereocenters. The van der Waals surface area contributed by atoms with Crippen molar-refractivity contribution >= 4 is 0 Å². The lowest BCUT2D eigenvalue weighted by molar-refractivity contribution is 0.0262. The van der Waals surface area contributed by atoms with Gasteiger partial charge in [0.15, 0.2) is 0 Å². The van der Waals surface area contributed by atoms with Gasteiger partial charge in [-0.25, -0.2) is 0 Å². The van der Waals surface area contributed by atoms with Gasteiger partial charge in [-0.05, 0) is 19.4 Å². The fourth-order valence-electron chi connectivity index (χ4n) is 1.25. The van der Waals surface area contributed by atoms with Gasteiger partial charge in [0.1, 0.15) is 0 Å². The zero-order valence-electron chi connectivity index (χ0n) is 8.69. The molecule has 0 aliphatic rings. The maximum absolute atomic E-state index is 10.0. The molecule has 0 aliphatic carbocycles. The van der Waals surface area contributed by atoms with Crippen LogP contribution in [0.4, 0.5) is 0 Å². The monoisotopic (exact) mass is 173 g/mol. The van der Waals surface area contributed by atoms with E-state index in [1.54, 1.807) is 0 Å². The molecule has 0 saturated carbocycles. The highest BCUT2D eigenvalue weighted by Gasteiger charge is 2.22. The molecule has 0 spiro atoms. The molecule has 12 heavy (non-hydrogen) atoms. The molecule has 2 heteroatoms. The average Bonchev–Trinajstić information content (AvgIpc) is 2.11. The Morgan fingerprint density at radius 2 is 1.92 bits per heavy atom. The largest absolute Gasteiger partial charge is 0.389 e. The van der Waals surface area contributed by atoms with Crippen LogP contribution in [0.2, 0.25) is 0 Å². The first-order chi connectivity index (χ1) is 5.68. The molecule has 0 amide bonds. The van der Waals surface area contributed by atoms with Crippen LogP contribution in [0, 0.1) is 0 Å². The van der Waals surface area contributed by atoms with Crippen LogP contribution >= 0.6 is 0 Å². The van der Waals surface area contributed by atoms with E-state index in [0.717, 1.165) is 38.8 Å². The van der Waals surface area contributed by atoms with Gasteiger partial charge in [0.2, 0.25) is 0 Å². The summed E-state index contributed by atoms with van der Waals surface area (Å²) >= 11 is 0. The third-order valence-corrected chi connectivity index (χ3v) is 2.36. The van der Waals surface area contributed by atoms with E-state index in [2.05, 4.69) is 19.2 Å². The topological polar surface area (TPSA) is 32.3 Å². The van der Waals surface area contributed by atoms with Gasteiger partial charge in [0.25, 0.3) is 0 Å². The number of likely N-dealkylation sites (N-methyl/N-ethyl adjacent to an activating group) is 1. The zero-order chi connectivity index (χ0) is 9.45. The van der Waals surface area contributed by atoms with Gasteiger partial charge < -0.3 is 10.4 Å². The van der Waals surface area contributed by atoms with E-state index < -0.39 is 5.60 Å². The Bertz CT molecular complexity index is 96.0. The van der Waals surface area contributed by atoms with E-state index in [1.807, 2.05) is 6.92 Å². The van der Waals surface area contributed by atoms with Gasteiger partial charge in [-0.1, -0.05) is 33.6 Å².